The minimum atomic E-state index is -3.98. The van der Waals surface area contributed by atoms with Gasteiger partial charge in [-0.05, 0) is 26.3 Å². The van der Waals surface area contributed by atoms with Gasteiger partial charge in [-0.15, -0.1) is 0 Å². The number of carbonyl (C=O) groups excluding carboxylic acids is 1. The summed E-state index contributed by atoms with van der Waals surface area (Å²) in [5.74, 6) is 0. The number of nitrogens with zero attached hydrogens (tertiary/aromatic N) is 1. The van der Waals surface area contributed by atoms with E-state index in [0.29, 0.717) is 5.56 Å². The molecule has 21 heavy (non-hydrogen) atoms. The molecular formula is C14H19NO5S. The minimum absolute atomic E-state index is 0.0192. The van der Waals surface area contributed by atoms with Crippen molar-refractivity contribution < 1.29 is 23.1 Å². The third kappa shape index (κ3) is 2.63. The van der Waals surface area contributed by atoms with Crippen molar-refractivity contribution in [3.63, 3.8) is 0 Å². The molecule has 7 heteroatoms. The van der Waals surface area contributed by atoms with Gasteiger partial charge in [-0.2, -0.15) is 0 Å². The highest BCUT2D eigenvalue weighted by molar-refractivity contribution is 7.91. The summed E-state index contributed by atoms with van der Waals surface area (Å²) in [5.41, 5.74) is -0.0146. The molecule has 0 bridgehead atoms. The maximum Gasteiger partial charge on any atom is 0.413 e. The van der Waals surface area contributed by atoms with Gasteiger partial charge in [0.05, 0.1) is 6.54 Å². The van der Waals surface area contributed by atoms with Crippen molar-refractivity contribution >= 4 is 15.9 Å². The number of carbonyl (C=O) groups is 1. The Bertz CT molecular complexity index is 677. The Morgan fingerprint density at radius 3 is 2.43 bits per heavy atom. The van der Waals surface area contributed by atoms with E-state index in [0.717, 1.165) is 11.2 Å². The van der Waals surface area contributed by atoms with Gasteiger partial charge in [0.25, 0.3) is 5.06 Å². The molecule has 0 saturated heterocycles. The predicted octanol–water partition coefficient (Wildman–Crippen LogP) is 1.58. The summed E-state index contributed by atoms with van der Waals surface area (Å²) in [5, 5.41) is 8.35. The molecule has 1 aliphatic heterocycles. The lowest BCUT2D eigenvalue weighted by atomic mass is 10.1. The van der Waals surface area contributed by atoms with Gasteiger partial charge in [0, 0.05) is 11.8 Å². The van der Waals surface area contributed by atoms with Gasteiger partial charge in [-0.3, -0.25) is 4.90 Å². The number of hydrogen-bond donors (Lipinski definition) is 1. The highest BCUT2D eigenvalue weighted by Crippen LogP contribution is 2.41. The van der Waals surface area contributed by atoms with Crippen LogP contribution >= 0.6 is 0 Å². The lowest BCUT2D eigenvalue weighted by molar-refractivity contribution is -0.0501. The van der Waals surface area contributed by atoms with Crippen LogP contribution in [-0.2, 0) is 26.2 Å². The van der Waals surface area contributed by atoms with Gasteiger partial charge in [-0.1, -0.05) is 24.3 Å². The van der Waals surface area contributed by atoms with Gasteiger partial charge in [0.15, 0.2) is 0 Å². The van der Waals surface area contributed by atoms with Crippen LogP contribution in [-0.4, -0.2) is 36.4 Å². The molecular weight excluding hydrogens is 294 g/mol. The van der Waals surface area contributed by atoms with Crippen molar-refractivity contribution in [2.24, 2.45) is 0 Å². The Kier molecular flexibility index (Phi) is 3.54. The summed E-state index contributed by atoms with van der Waals surface area (Å²) in [6.07, 6.45) is 0.0264. The monoisotopic (exact) mass is 313 g/mol. The number of rotatable bonds is 1. The van der Waals surface area contributed by atoms with E-state index >= 15 is 0 Å². The van der Waals surface area contributed by atoms with Crippen molar-refractivity contribution in [3.8, 4) is 0 Å². The van der Waals surface area contributed by atoms with Crippen LogP contribution < -0.4 is 0 Å². The van der Waals surface area contributed by atoms with E-state index in [1.54, 1.807) is 39.0 Å². The second kappa shape index (κ2) is 4.71. The number of ether oxygens (including phenoxy) is 1. The largest absolute Gasteiger partial charge is 0.444 e. The smallest absolute Gasteiger partial charge is 0.413 e. The van der Waals surface area contributed by atoms with Crippen LogP contribution in [0.1, 0.15) is 31.9 Å². The molecule has 6 nitrogen and oxygen atoms in total. The first-order valence-electron chi connectivity index (χ1n) is 6.48. The van der Waals surface area contributed by atoms with Gasteiger partial charge < -0.3 is 9.84 Å². The molecule has 1 aliphatic rings. The molecule has 0 aliphatic carbocycles. The van der Waals surface area contributed by atoms with E-state index in [9.17, 15) is 18.3 Å². The molecule has 1 N–H and O–H groups in total. The molecule has 0 fully saturated rings. The summed E-state index contributed by atoms with van der Waals surface area (Å²) in [6, 6.07) is 6.52. The van der Waals surface area contributed by atoms with Gasteiger partial charge >= 0.3 is 6.09 Å². The van der Waals surface area contributed by atoms with E-state index < -0.39 is 26.6 Å². The number of hydrogen-bond acceptors (Lipinski definition) is 5. The van der Waals surface area contributed by atoms with Crippen LogP contribution in [0.4, 0.5) is 4.79 Å². The molecule has 116 valence electrons. The zero-order chi connectivity index (χ0) is 16.1. The van der Waals surface area contributed by atoms with E-state index in [2.05, 4.69) is 0 Å². The zero-order valence-corrected chi connectivity index (χ0v) is 13.3. The first-order valence-corrected chi connectivity index (χ1v) is 8.37. The van der Waals surface area contributed by atoms with Crippen molar-refractivity contribution in [3.05, 3.63) is 35.4 Å². The molecule has 0 radical (unpaired) electrons. The highest BCUT2D eigenvalue weighted by Gasteiger charge is 2.55. The fraction of sp³-hybridized carbons (Fsp3) is 0.500. The SMILES string of the molecule is CC(C)(C)OC(=O)N1Cc2ccccc2C1(O)S(C)(=O)=O. The molecule has 1 amide bonds. The maximum absolute atomic E-state index is 12.3. The van der Waals surface area contributed by atoms with Crippen LogP contribution in [0.3, 0.4) is 0 Å². The van der Waals surface area contributed by atoms with Gasteiger partial charge in [-0.25, -0.2) is 13.2 Å². The minimum Gasteiger partial charge on any atom is -0.444 e. The first-order chi connectivity index (χ1) is 9.47. The zero-order valence-electron chi connectivity index (χ0n) is 12.5. The summed E-state index contributed by atoms with van der Waals surface area (Å²) < 4.78 is 29.4. The molecule has 1 heterocycles. The van der Waals surface area contributed by atoms with Crippen LogP contribution in [0.15, 0.2) is 24.3 Å². The Morgan fingerprint density at radius 1 is 1.33 bits per heavy atom. The summed E-state index contributed by atoms with van der Waals surface area (Å²) in [7, 11) is -3.98. The summed E-state index contributed by atoms with van der Waals surface area (Å²) in [6.45, 7) is 5.00. The van der Waals surface area contributed by atoms with E-state index in [-0.39, 0.29) is 12.1 Å². The second-order valence-corrected chi connectivity index (χ2v) is 8.22. The van der Waals surface area contributed by atoms with Gasteiger partial charge in [0.1, 0.15) is 5.60 Å². The molecule has 0 aromatic heterocycles. The number of fused-ring (bicyclic) bond motifs is 1. The number of aliphatic hydroxyl groups is 1. The average molecular weight is 313 g/mol. The van der Waals surface area contributed by atoms with Crippen molar-refractivity contribution in [2.75, 3.05) is 6.26 Å². The van der Waals surface area contributed by atoms with Crippen molar-refractivity contribution in [2.45, 2.75) is 38.0 Å². The lowest BCUT2D eigenvalue weighted by Crippen LogP contribution is -2.51. The van der Waals surface area contributed by atoms with E-state index in [1.807, 2.05) is 0 Å². The average Bonchev–Trinajstić information content (AvgIpc) is 2.62. The number of benzene rings is 1. The van der Waals surface area contributed by atoms with E-state index in [4.69, 9.17) is 4.74 Å². The van der Waals surface area contributed by atoms with E-state index in [1.165, 1.54) is 6.07 Å². The van der Waals surface area contributed by atoms with Crippen LogP contribution in [0.2, 0.25) is 0 Å². The standard InChI is InChI=1S/C14H19NO5S/c1-13(2,3)20-12(16)15-9-10-7-5-6-8-11(10)14(15,17)21(4,18)19/h5-8,17H,9H2,1-4H3. The van der Waals surface area contributed by atoms with Crippen LogP contribution in [0.25, 0.3) is 0 Å². The van der Waals surface area contributed by atoms with Crippen molar-refractivity contribution in [1.82, 2.24) is 4.90 Å². The fourth-order valence-electron chi connectivity index (χ4n) is 2.30. The second-order valence-electron chi connectivity index (χ2n) is 6.10. The topological polar surface area (TPSA) is 83.9 Å². The van der Waals surface area contributed by atoms with Crippen LogP contribution in [0.5, 0.6) is 0 Å². The summed E-state index contributed by atoms with van der Waals surface area (Å²) >= 11 is 0. The Labute approximate surface area is 124 Å². The van der Waals surface area contributed by atoms with Crippen molar-refractivity contribution in [1.29, 1.82) is 0 Å². The normalized spacial score (nSPS) is 22.0. The Morgan fingerprint density at radius 2 is 1.90 bits per heavy atom. The first kappa shape index (κ1) is 15.8. The quantitative estimate of drug-likeness (QED) is 0.851. The molecule has 0 spiro atoms. The predicted molar refractivity (Wildman–Crippen MR) is 77.0 cm³/mol. The van der Waals surface area contributed by atoms with Crippen LogP contribution in [0, 0.1) is 0 Å². The Balaban J connectivity index is 2.52. The molecule has 0 saturated carbocycles. The third-order valence-electron chi connectivity index (χ3n) is 3.19. The molecule has 2 rings (SSSR count). The number of sulfone groups is 1. The highest BCUT2D eigenvalue weighted by atomic mass is 32.2. The fourth-order valence-corrected chi connectivity index (χ4v) is 3.44. The number of amides is 1. The molecule has 1 aromatic rings. The lowest BCUT2D eigenvalue weighted by Gasteiger charge is -2.33. The summed E-state index contributed by atoms with van der Waals surface area (Å²) in [4.78, 5) is 13.1. The third-order valence-corrected chi connectivity index (χ3v) is 4.67. The molecule has 1 atom stereocenters. The molecule has 1 aromatic carbocycles. The molecule has 1 unspecified atom stereocenters. The maximum atomic E-state index is 12.3. The Hall–Kier alpha value is -1.60. The van der Waals surface area contributed by atoms with Gasteiger partial charge in [0.2, 0.25) is 9.84 Å².